The fraction of sp³-hybridized carbons (Fsp3) is 0.412. The SMILES string of the molecule is C[C@@H]1CCC[C@H](NC(=O)O)c2cncc(c2)-c2c(cnn2C(F)F)NC1=O. The lowest BCUT2D eigenvalue weighted by Gasteiger charge is -2.20. The van der Waals surface area contributed by atoms with Crippen molar-refractivity contribution in [3.63, 3.8) is 0 Å². The first kappa shape index (κ1) is 18.7. The Morgan fingerprint density at radius 1 is 1.37 bits per heavy atom. The Hall–Kier alpha value is -3.04. The summed E-state index contributed by atoms with van der Waals surface area (Å²) in [6.07, 6.45) is 4.44. The molecule has 27 heavy (non-hydrogen) atoms. The molecule has 0 radical (unpaired) electrons. The predicted octanol–water partition coefficient (Wildman–Crippen LogP) is 3.41. The molecule has 0 aliphatic carbocycles. The molecule has 10 heteroatoms. The molecule has 3 rings (SSSR count). The van der Waals surface area contributed by atoms with Crippen LogP contribution in [0.15, 0.2) is 24.7 Å². The monoisotopic (exact) mass is 379 g/mol. The van der Waals surface area contributed by atoms with E-state index in [1.165, 1.54) is 18.6 Å². The molecule has 3 heterocycles. The highest BCUT2D eigenvalue weighted by atomic mass is 19.3. The van der Waals surface area contributed by atoms with Crippen LogP contribution in [0.1, 0.15) is 44.3 Å². The van der Waals surface area contributed by atoms with Crippen LogP contribution >= 0.6 is 0 Å². The lowest BCUT2D eigenvalue weighted by molar-refractivity contribution is -0.119. The fourth-order valence-corrected chi connectivity index (χ4v) is 3.15. The molecule has 1 aliphatic rings. The van der Waals surface area contributed by atoms with Gasteiger partial charge in [0.1, 0.15) is 0 Å². The average molecular weight is 379 g/mol. The van der Waals surface area contributed by atoms with Gasteiger partial charge in [-0.3, -0.25) is 9.78 Å². The molecule has 2 amide bonds. The van der Waals surface area contributed by atoms with Crippen molar-refractivity contribution in [1.29, 1.82) is 0 Å². The Balaban J connectivity index is 2.13. The van der Waals surface area contributed by atoms with Crippen LogP contribution in [0.3, 0.4) is 0 Å². The van der Waals surface area contributed by atoms with Crippen molar-refractivity contribution in [3.8, 4) is 11.3 Å². The largest absolute Gasteiger partial charge is 0.465 e. The molecule has 1 aliphatic heterocycles. The van der Waals surface area contributed by atoms with E-state index in [1.807, 2.05) is 0 Å². The summed E-state index contributed by atoms with van der Waals surface area (Å²) in [5.41, 5.74) is 1.05. The van der Waals surface area contributed by atoms with Crippen molar-refractivity contribution >= 4 is 17.7 Å². The van der Waals surface area contributed by atoms with E-state index >= 15 is 0 Å². The van der Waals surface area contributed by atoms with Crippen LogP contribution < -0.4 is 10.6 Å². The number of nitrogens with zero attached hydrogens (tertiary/aromatic N) is 3. The van der Waals surface area contributed by atoms with Crippen LogP contribution in [0.4, 0.5) is 19.3 Å². The molecule has 144 valence electrons. The van der Waals surface area contributed by atoms with Gasteiger partial charge in [0.15, 0.2) is 0 Å². The molecule has 0 aromatic carbocycles. The summed E-state index contributed by atoms with van der Waals surface area (Å²) in [5.74, 6) is -0.674. The van der Waals surface area contributed by atoms with Crippen molar-refractivity contribution in [2.45, 2.75) is 38.8 Å². The second kappa shape index (κ2) is 7.68. The van der Waals surface area contributed by atoms with Crippen LogP contribution in [-0.4, -0.2) is 31.9 Å². The molecule has 2 aromatic heterocycles. The molecule has 2 aromatic rings. The first-order chi connectivity index (χ1) is 12.9. The van der Waals surface area contributed by atoms with Gasteiger partial charge >= 0.3 is 12.6 Å². The van der Waals surface area contributed by atoms with Crippen LogP contribution in [0.25, 0.3) is 11.3 Å². The minimum Gasteiger partial charge on any atom is -0.465 e. The van der Waals surface area contributed by atoms with Gasteiger partial charge < -0.3 is 15.7 Å². The first-order valence-corrected chi connectivity index (χ1v) is 8.48. The molecule has 3 N–H and O–H groups in total. The average Bonchev–Trinajstić information content (AvgIpc) is 3.03. The number of carboxylic acid groups (broad SMARTS) is 1. The number of hydrogen-bond acceptors (Lipinski definition) is 4. The van der Waals surface area contributed by atoms with Gasteiger partial charge in [0.2, 0.25) is 5.91 Å². The third-order valence-corrected chi connectivity index (χ3v) is 4.55. The number of carbonyl (C=O) groups is 2. The third kappa shape index (κ3) is 4.04. The summed E-state index contributed by atoms with van der Waals surface area (Å²) >= 11 is 0. The zero-order valence-electron chi connectivity index (χ0n) is 14.5. The van der Waals surface area contributed by atoms with Crippen molar-refractivity contribution in [1.82, 2.24) is 20.1 Å². The number of anilines is 1. The topological polar surface area (TPSA) is 109 Å². The minimum absolute atomic E-state index is 0.0227. The first-order valence-electron chi connectivity index (χ1n) is 8.48. The number of rotatable bonds is 2. The molecular formula is C17H19F2N5O3. The zero-order chi connectivity index (χ0) is 19.6. The maximum Gasteiger partial charge on any atom is 0.405 e. The van der Waals surface area contributed by atoms with Gasteiger partial charge in [-0.1, -0.05) is 13.3 Å². The molecule has 0 spiro atoms. The summed E-state index contributed by atoms with van der Waals surface area (Å²) in [6.45, 7) is -1.17. The molecule has 0 saturated carbocycles. The lowest BCUT2D eigenvalue weighted by atomic mass is 9.96. The summed E-state index contributed by atoms with van der Waals surface area (Å²) in [5, 5.41) is 17.9. The van der Waals surface area contributed by atoms with E-state index < -0.39 is 18.7 Å². The Morgan fingerprint density at radius 2 is 2.15 bits per heavy atom. The second-order valence-corrected chi connectivity index (χ2v) is 6.46. The van der Waals surface area contributed by atoms with Crippen molar-refractivity contribution in [2.75, 3.05) is 5.32 Å². The fourth-order valence-electron chi connectivity index (χ4n) is 3.15. The zero-order valence-corrected chi connectivity index (χ0v) is 14.5. The smallest absolute Gasteiger partial charge is 0.405 e. The molecule has 8 nitrogen and oxygen atoms in total. The maximum absolute atomic E-state index is 13.4. The van der Waals surface area contributed by atoms with Crippen molar-refractivity contribution in [2.24, 2.45) is 5.92 Å². The van der Waals surface area contributed by atoms with Gasteiger partial charge in [-0.05, 0) is 24.5 Å². The second-order valence-electron chi connectivity index (χ2n) is 6.46. The number of amides is 2. The molecule has 0 fully saturated rings. The Bertz CT molecular complexity index is 855. The number of hydrogen-bond donors (Lipinski definition) is 3. The highest BCUT2D eigenvalue weighted by Gasteiger charge is 2.25. The van der Waals surface area contributed by atoms with Gasteiger partial charge in [-0.2, -0.15) is 13.9 Å². The highest BCUT2D eigenvalue weighted by molar-refractivity contribution is 5.95. The van der Waals surface area contributed by atoms with E-state index in [0.717, 1.165) is 0 Å². The molecule has 0 unspecified atom stereocenters. The third-order valence-electron chi connectivity index (χ3n) is 4.55. The van der Waals surface area contributed by atoms with Crippen LogP contribution in [0.5, 0.6) is 0 Å². The van der Waals surface area contributed by atoms with E-state index in [4.69, 9.17) is 5.11 Å². The van der Waals surface area contributed by atoms with E-state index in [1.54, 1.807) is 13.0 Å². The highest BCUT2D eigenvalue weighted by Crippen LogP contribution is 2.34. The molecular weight excluding hydrogens is 360 g/mol. The maximum atomic E-state index is 13.4. The van der Waals surface area contributed by atoms with Gasteiger partial charge in [0.25, 0.3) is 0 Å². The Labute approximate surface area is 153 Å². The number of alkyl halides is 2. The van der Waals surface area contributed by atoms with E-state index in [9.17, 15) is 18.4 Å². The summed E-state index contributed by atoms with van der Waals surface area (Å²) in [7, 11) is 0. The van der Waals surface area contributed by atoms with E-state index in [-0.39, 0.29) is 23.2 Å². The van der Waals surface area contributed by atoms with Crippen molar-refractivity contribution in [3.05, 3.63) is 30.2 Å². The number of fused-ring (bicyclic) bond motifs is 4. The Kier molecular flexibility index (Phi) is 5.33. The van der Waals surface area contributed by atoms with Gasteiger partial charge in [0.05, 0.1) is 23.6 Å². The lowest BCUT2D eigenvalue weighted by Crippen LogP contribution is -2.27. The van der Waals surface area contributed by atoms with E-state index in [2.05, 4.69) is 20.7 Å². The number of halogens is 2. The minimum atomic E-state index is -2.91. The van der Waals surface area contributed by atoms with Gasteiger partial charge in [-0.15, -0.1) is 0 Å². The molecule has 2 bridgehead atoms. The summed E-state index contributed by atoms with van der Waals surface area (Å²) < 4.78 is 27.3. The van der Waals surface area contributed by atoms with Crippen LogP contribution in [0, 0.1) is 5.92 Å². The summed E-state index contributed by atoms with van der Waals surface area (Å²) in [4.78, 5) is 27.6. The number of aromatic nitrogens is 3. The standard InChI is InChI=1S/C17H19F2N5O3/c1-9-3-2-4-12(23-17(26)27)10-5-11(7-20-6-10)14-13(22-15(9)25)8-21-24(14)16(18)19/h5-9,12,16,23H,2-4H2,1H3,(H,22,25)(H,26,27)/t9-,12+/m1/s1. The number of carbonyl (C=O) groups excluding carboxylic acids is 1. The van der Waals surface area contributed by atoms with Crippen LogP contribution in [-0.2, 0) is 4.79 Å². The Morgan fingerprint density at radius 3 is 2.85 bits per heavy atom. The number of pyridine rings is 1. The predicted molar refractivity (Wildman–Crippen MR) is 92.3 cm³/mol. The van der Waals surface area contributed by atoms with Crippen LogP contribution in [0.2, 0.25) is 0 Å². The normalized spacial score (nSPS) is 20.2. The van der Waals surface area contributed by atoms with E-state index in [0.29, 0.717) is 35.1 Å². The van der Waals surface area contributed by atoms with Gasteiger partial charge in [-0.25, -0.2) is 9.48 Å². The molecule has 0 saturated heterocycles. The van der Waals surface area contributed by atoms with Crippen molar-refractivity contribution < 1.29 is 23.5 Å². The summed E-state index contributed by atoms with van der Waals surface area (Å²) in [6, 6.07) is 1.03. The quantitative estimate of drug-likeness (QED) is 0.741. The molecule has 2 atom stereocenters. The number of nitrogens with one attached hydrogen (secondary N) is 2. The van der Waals surface area contributed by atoms with Gasteiger partial charge in [0, 0.05) is 23.9 Å².